The molecule has 0 saturated heterocycles. The molecule has 0 aliphatic heterocycles. The number of likely N-dealkylation sites (N-methyl/N-ethyl adjacent to an activating group) is 2. The highest BCUT2D eigenvalue weighted by molar-refractivity contribution is 6.07. The number of ketones is 1. The van der Waals surface area contributed by atoms with Crippen molar-refractivity contribution in [1.82, 2.24) is 9.80 Å². The van der Waals surface area contributed by atoms with E-state index >= 15 is 0 Å². The standard InChI is InChI=1S/C23H31N3O/c1-24(2)16-17-26(5)22-13-10-20(11-14-22)23(27)15-12-19-8-6-7-9-21(19)18-25(3)4/h6-15H,16-18H2,1-5H3/b15-12+. The highest BCUT2D eigenvalue weighted by Gasteiger charge is 2.06. The second-order valence-corrected chi connectivity index (χ2v) is 7.41. The van der Waals surface area contributed by atoms with Crippen LogP contribution in [0.3, 0.4) is 0 Å². The van der Waals surface area contributed by atoms with Crippen LogP contribution in [-0.4, -0.2) is 63.9 Å². The fourth-order valence-electron chi connectivity index (χ4n) is 2.80. The fourth-order valence-corrected chi connectivity index (χ4v) is 2.80. The van der Waals surface area contributed by atoms with Gasteiger partial charge in [0.25, 0.3) is 0 Å². The van der Waals surface area contributed by atoms with Crippen LogP contribution in [0.2, 0.25) is 0 Å². The summed E-state index contributed by atoms with van der Waals surface area (Å²) in [6, 6.07) is 16.0. The Morgan fingerprint density at radius 3 is 2.15 bits per heavy atom. The summed E-state index contributed by atoms with van der Waals surface area (Å²) in [5.41, 5.74) is 4.12. The molecule has 2 rings (SSSR count). The van der Waals surface area contributed by atoms with Crippen LogP contribution < -0.4 is 4.90 Å². The monoisotopic (exact) mass is 365 g/mol. The Hall–Kier alpha value is -2.43. The molecule has 0 aromatic heterocycles. The van der Waals surface area contributed by atoms with Crippen LogP contribution in [0.1, 0.15) is 21.5 Å². The topological polar surface area (TPSA) is 26.8 Å². The Labute approximate surface area is 163 Å². The van der Waals surface area contributed by atoms with Crippen LogP contribution in [0.4, 0.5) is 5.69 Å². The summed E-state index contributed by atoms with van der Waals surface area (Å²) in [6.45, 7) is 2.79. The molecule has 0 heterocycles. The van der Waals surface area contributed by atoms with Gasteiger partial charge >= 0.3 is 0 Å². The van der Waals surface area contributed by atoms with E-state index in [-0.39, 0.29) is 5.78 Å². The van der Waals surface area contributed by atoms with Crippen LogP contribution >= 0.6 is 0 Å². The first kappa shape index (κ1) is 20.9. The van der Waals surface area contributed by atoms with Gasteiger partial charge in [-0.2, -0.15) is 0 Å². The minimum absolute atomic E-state index is 0.0251. The predicted octanol–water partition coefficient (Wildman–Crippen LogP) is 3.64. The van der Waals surface area contributed by atoms with Crippen molar-refractivity contribution >= 4 is 17.5 Å². The van der Waals surface area contributed by atoms with E-state index in [4.69, 9.17) is 0 Å². The zero-order valence-electron chi connectivity index (χ0n) is 17.1. The maximum atomic E-state index is 12.5. The lowest BCUT2D eigenvalue weighted by molar-refractivity contribution is 0.104. The minimum atomic E-state index is 0.0251. The number of hydrogen-bond donors (Lipinski definition) is 0. The number of carbonyl (C=O) groups is 1. The van der Waals surface area contributed by atoms with Crippen molar-refractivity contribution in [2.45, 2.75) is 6.54 Å². The molecule has 0 spiro atoms. The third-order valence-corrected chi connectivity index (χ3v) is 4.43. The van der Waals surface area contributed by atoms with Gasteiger partial charge in [-0.1, -0.05) is 30.3 Å². The van der Waals surface area contributed by atoms with Crippen molar-refractivity contribution in [1.29, 1.82) is 0 Å². The van der Waals surface area contributed by atoms with Gasteiger partial charge in [0.05, 0.1) is 0 Å². The van der Waals surface area contributed by atoms with Gasteiger partial charge in [0, 0.05) is 37.9 Å². The summed E-state index contributed by atoms with van der Waals surface area (Å²) in [7, 11) is 10.3. The maximum absolute atomic E-state index is 12.5. The lowest BCUT2D eigenvalue weighted by atomic mass is 10.0. The number of nitrogens with zero attached hydrogens (tertiary/aromatic N) is 3. The normalized spacial score (nSPS) is 11.5. The summed E-state index contributed by atoms with van der Waals surface area (Å²) in [6.07, 6.45) is 3.58. The molecule has 0 saturated carbocycles. The third-order valence-electron chi connectivity index (χ3n) is 4.43. The number of anilines is 1. The number of hydrogen-bond acceptors (Lipinski definition) is 4. The Morgan fingerprint density at radius 2 is 1.52 bits per heavy atom. The predicted molar refractivity (Wildman–Crippen MR) is 115 cm³/mol. The number of allylic oxidation sites excluding steroid dienone is 1. The summed E-state index contributed by atoms with van der Waals surface area (Å²) >= 11 is 0. The summed E-state index contributed by atoms with van der Waals surface area (Å²) < 4.78 is 0. The van der Waals surface area contributed by atoms with Gasteiger partial charge in [0.1, 0.15) is 0 Å². The molecule has 0 amide bonds. The van der Waals surface area contributed by atoms with Crippen LogP contribution in [0.15, 0.2) is 54.6 Å². The highest BCUT2D eigenvalue weighted by atomic mass is 16.1. The van der Waals surface area contributed by atoms with Gasteiger partial charge in [0.2, 0.25) is 0 Å². The van der Waals surface area contributed by atoms with E-state index in [1.54, 1.807) is 6.08 Å². The summed E-state index contributed by atoms with van der Waals surface area (Å²) in [5.74, 6) is 0.0251. The summed E-state index contributed by atoms with van der Waals surface area (Å²) in [4.78, 5) is 19.0. The molecule has 0 unspecified atom stereocenters. The van der Waals surface area contributed by atoms with E-state index in [1.165, 1.54) is 5.56 Å². The zero-order valence-corrected chi connectivity index (χ0v) is 17.1. The van der Waals surface area contributed by atoms with E-state index in [0.29, 0.717) is 5.56 Å². The molecule has 2 aromatic carbocycles. The van der Waals surface area contributed by atoms with Crippen LogP contribution in [0.5, 0.6) is 0 Å². The zero-order chi connectivity index (χ0) is 19.8. The van der Waals surface area contributed by atoms with Crippen LogP contribution in [0, 0.1) is 0 Å². The fraction of sp³-hybridized carbons (Fsp3) is 0.348. The molecule has 0 bridgehead atoms. The Balaban J connectivity index is 2.05. The third kappa shape index (κ3) is 6.66. The quantitative estimate of drug-likeness (QED) is 0.501. The maximum Gasteiger partial charge on any atom is 0.185 e. The van der Waals surface area contributed by atoms with Crippen molar-refractivity contribution in [3.63, 3.8) is 0 Å². The van der Waals surface area contributed by atoms with Crippen LogP contribution in [0.25, 0.3) is 6.08 Å². The van der Waals surface area contributed by atoms with Crippen molar-refractivity contribution in [2.75, 3.05) is 53.2 Å². The van der Waals surface area contributed by atoms with Gasteiger partial charge in [-0.3, -0.25) is 4.79 Å². The number of carbonyl (C=O) groups excluding carboxylic acids is 1. The molecule has 2 aromatic rings. The largest absolute Gasteiger partial charge is 0.373 e. The van der Waals surface area contributed by atoms with E-state index in [0.717, 1.165) is 30.9 Å². The molecule has 0 fully saturated rings. The molecule has 27 heavy (non-hydrogen) atoms. The molecule has 4 nitrogen and oxygen atoms in total. The minimum Gasteiger partial charge on any atom is -0.373 e. The Morgan fingerprint density at radius 1 is 0.852 bits per heavy atom. The molecular weight excluding hydrogens is 334 g/mol. The molecular formula is C23H31N3O. The van der Waals surface area contributed by atoms with E-state index in [1.807, 2.05) is 62.6 Å². The van der Waals surface area contributed by atoms with Gasteiger partial charge in [-0.05, 0) is 69.7 Å². The average Bonchev–Trinajstić information content (AvgIpc) is 2.64. The van der Waals surface area contributed by atoms with E-state index < -0.39 is 0 Å². The average molecular weight is 366 g/mol. The lowest BCUT2D eigenvalue weighted by Crippen LogP contribution is -2.28. The first-order valence-corrected chi connectivity index (χ1v) is 9.28. The molecule has 0 atom stereocenters. The van der Waals surface area contributed by atoms with Gasteiger partial charge in [0.15, 0.2) is 5.78 Å². The van der Waals surface area contributed by atoms with Crippen molar-refractivity contribution in [2.24, 2.45) is 0 Å². The number of benzene rings is 2. The number of rotatable bonds is 9. The molecule has 0 aliphatic rings. The smallest absolute Gasteiger partial charge is 0.185 e. The molecule has 0 radical (unpaired) electrons. The molecule has 0 N–H and O–H groups in total. The van der Waals surface area contributed by atoms with Gasteiger partial charge < -0.3 is 14.7 Å². The van der Waals surface area contributed by atoms with Crippen molar-refractivity contribution < 1.29 is 4.79 Å². The van der Waals surface area contributed by atoms with Crippen molar-refractivity contribution in [3.8, 4) is 0 Å². The second-order valence-electron chi connectivity index (χ2n) is 7.41. The SMILES string of the molecule is CN(C)CCN(C)c1ccc(C(=O)/C=C/c2ccccc2CN(C)C)cc1. The Bertz CT molecular complexity index is 763. The first-order valence-electron chi connectivity index (χ1n) is 9.28. The van der Waals surface area contributed by atoms with Gasteiger partial charge in [-0.15, -0.1) is 0 Å². The van der Waals surface area contributed by atoms with E-state index in [2.05, 4.69) is 41.9 Å². The lowest BCUT2D eigenvalue weighted by Gasteiger charge is -2.21. The Kier molecular flexibility index (Phi) is 7.77. The molecule has 4 heteroatoms. The first-order chi connectivity index (χ1) is 12.9. The molecule has 144 valence electrons. The van der Waals surface area contributed by atoms with Crippen molar-refractivity contribution in [3.05, 3.63) is 71.3 Å². The van der Waals surface area contributed by atoms with Crippen LogP contribution in [-0.2, 0) is 6.54 Å². The highest BCUT2D eigenvalue weighted by Crippen LogP contribution is 2.16. The molecule has 0 aliphatic carbocycles. The second kappa shape index (κ2) is 10.0. The van der Waals surface area contributed by atoms with Gasteiger partial charge in [-0.25, -0.2) is 0 Å². The van der Waals surface area contributed by atoms with E-state index in [9.17, 15) is 4.79 Å². The summed E-state index contributed by atoms with van der Waals surface area (Å²) in [5, 5.41) is 0.